The van der Waals surface area contributed by atoms with Crippen LogP contribution in [-0.4, -0.2) is 63.0 Å². The maximum Gasteiger partial charge on any atom is 0.263 e. The molecule has 6 heteroatoms. The molecule has 2 rings (SSSR count). The number of carbonyl (C=O) groups excluding carboxylic acids is 1. The number of oxime groups is 1. The van der Waals surface area contributed by atoms with Crippen molar-refractivity contribution in [2.75, 3.05) is 50.9 Å². The lowest BCUT2D eigenvalue weighted by Gasteiger charge is -2.28. The topological polar surface area (TPSA) is 54.4 Å². The Morgan fingerprint density at radius 2 is 1.84 bits per heavy atom. The lowest BCUT2D eigenvalue weighted by Crippen LogP contribution is -2.36. The van der Waals surface area contributed by atoms with Gasteiger partial charge in [0.15, 0.2) is 6.61 Å². The fourth-order valence-electron chi connectivity index (χ4n) is 2.46. The molecule has 1 amide bonds. The molecule has 1 aromatic rings. The van der Waals surface area contributed by atoms with Crippen molar-refractivity contribution in [3.8, 4) is 0 Å². The maximum atomic E-state index is 12.0. The maximum absolute atomic E-state index is 12.0. The number of carbonyl (C=O) groups is 1. The lowest BCUT2D eigenvalue weighted by atomic mass is 10.2. The van der Waals surface area contributed by atoms with E-state index in [1.807, 2.05) is 24.3 Å². The summed E-state index contributed by atoms with van der Waals surface area (Å²) in [6.45, 7) is 11.4. The summed E-state index contributed by atoms with van der Waals surface area (Å²) in [7, 11) is 0. The average Bonchev–Trinajstić information content (AvgIpc) is 2.66. The Balaban J connectivity index is 1.80. The highest BCUT2D eigenvalue weighted by Gasteiger charge is 2.11. The van der Waals surface area contributed by atoms with Gasteiger partial charge >= 0.3 is 0 Å². The second-order valence-electron chi connectivity index (χ2n) is 5.57. The summed E-state index contributed by atoms with van der Waals surface area (Å²) in [5.41, 5.74) is 2.08. The van der Waals surface area contributed by atoms with Crippen LogP contribution in [0.3, 0.4) is 0 Å². The minimum absolute atomic E-state index is 0.107. The van der Waals surface area contributed by atoms with Crippen molar-refractivity contribution < 1.29 is 14.4 Å². The van der Waals surface area contributed by atoms with E-state index in [-0.39, 0.29) is 12.5 Å². The molecule has 0 radical (unpaired) electrons. The van der Waals surface area contributed by atoms with Crippen LogP contribution in [-0.2, 0) is 14.4 Å². The summed E-state index contributed by atoms with van der Waals surface area (Å²) in [4.78, 5) is 20.9. The fraction of sp³-hybridized carbons (Fsp3) is 0.368. The van der Waals surface area contributed by atoms with Crippen LogP contribution in [0.2, 0.25) is 0 Å². The molecule has 0 aliphatic carbocycles. The molecule has 0 saturated carbocycles. The van der Waals surface area contributed by atoms with E-state index < -0.39 is 0 Å². The first-order valence-electron chi connectivity index (χ1n) is 8.32. The first-order chi connectivity index (χ1) is 12.2. The van der Waals surface area contributed by atoms with Gasteiger partial charge in [-0.15, -0.1) is 13.2 Å². The first kappa shape index (κ1) is 18.7. The van der Waals surface area contributed by atoms with Crippen LogP contribution in [0.25, 0.3) is 0 Å². The van der Waals surface area contributed by atoms with Gasteiger partial charge in [0.2, 0.25) is 0 Å². The number of anilines is 1. The third-order valence-corrected chi connectivity index (χ3v) is 3.79. The second kappa shape index (κ2) is 10.3. The number of rotatable bonds is 9. The predicted octanol–water partition coefficient (Wildman–Crippen LogP) is 2.07. The summed E-state index contributed by atoms with van der Waals surface area (Å²) in [5, 5.41) is 3.87. The SMILES string of the molecule is C=CCN(CC=C)C(=O)CON=Cc1ccc(N2CCOCC2)cc1. The Kier molecular flexibility index (Phi) is 7.72. The van der Waals surface area contributed by atoms with Crippen LogP contribution in [0.1, 0.15) is 5.56 Å². The van der Waals surface area contributed by atoms with E-state index in [1.54, 1.807) is 23.3 Å². The van der Waals surface area contributed by atoms with Crippen molar-refractivity contribution in [1.29, 1.82) is 0 Å². The van der Waals surface area contributed by atoms with E-state index in [4.69, 9.17) is 9.57 Å². The van der Waals surface area contributed by atoms with Gasteiger partial charge in [0.25, 0.3) is 5.91 Å². The Bertz CT molecular complexity index is 582. The van der Waals surface area contributed by atoms with Crippen LogP contribution in [0.5, 0.6) is 0 Å². The van der Waals surface area contributed by atoms with Crippen LogP contribution in [0.4, 0.5) is 5.69 Å². The molecular weight excluding hydrogens is 318 g/mol. The van der Waals surface area contributed by atoms with Gasteiger partial charge in [-0.1, -0.05) is 29.4 Å². The smallest absolute Gasteiger partial charge is 0.263 e. The molecule has 1 aliphatic rings. The number of benzene rings is 1. The molecule has 1 saturated heterocycles. The lowest BCUT2D eigenvalue weighted by molar-refractivity contribution is -0.135. The van der Waals surface area contributed by atoms with Crippen molar-refractivity contribution in [1.82, 2.24) is 4.90 Å². The molecule has 0 spiro atoms. The van der Waals surface area contributed by atoms with Crippen molar-refractivity contribution in [2.24, 2.45) is 5.16 Å². The number of nitrogens with zero attached hydrogens (tertiary/aromatic N) is 3. The minimum atomic E-state index is -0.153. The molecule has 1 aromatic carbocycles. The van der Waals surface area contributed by atoms with Crippen molar-refractivity contribution in [3.63, 3.8) is 0 Å². The van der Waals surface area contributed by atoms with Crippen LogP contribution < -0.4 is 4.90 Å². The third kappa shape index (κ3) is 6.08. The van der Waals surface area contributed by atoms with Gasteiger partial charge in [0, 0.05) is 31.9 Å². The Morgan fingerprint density at radius 1 is 1.20 bits per heavy atom. The Hall–Kier alpha value is -2.60. The Labute approximate surface area is 149 Å². The van der Waals surface area contributed by atoms with Crippen molar-refractivity contribution in [3.05, 3.63) is 55.1 Å². The average molecular weight is 343 g/mol. The van der Waals surface area contributed by atoms with Gasteiger partial charge in [-0.3, -0.25) is 4.79 Å². The standard InChI is InChI=1S/C19H25N3O3/c1-3-9-22(10-4-2)19(23)16-25-20-15-17-5-7-18(8-6-17)21-11-13-24-14-12-21/h3-8,15H,1-2,9-14,16H2. The number of ether oxygens (including phenoxy) is 1. The van der Waals surface area contributed by atoms with Gasteiger partial charge in [-0.2, -0.15) is 0 Å². The zero-order valence-corrected chi connectivity index (χ0v) is 14.5. The molecule has 1 aliphatic heterocycles. The van der Waals surface area contributed by atoms with E-state index in [0.717, 1.165) is 31.9 Å². The van der Waals surface area contributed by atoms with Crippen molar-refractivity contribution in [2.45, 2.75) is 0 Å². The zero-order chi connectivity index (χ0) is 17.9. The predicted molar refractivity (Wildman–Crippen MR) is 100.0 cm³/mol. The largest absolute Gasteiger partial charge is 0.386 e. The molecule has 134 valence electrons. The molecule has 0 N–H and O–H groups in total. The van der Waals surface area contributed by atoms with Crippen LogP contribution in [0, 0.1) is 0 Å². The highest BCUT2D eigenvalue weighted by atomic mass is 16.6. The van der Waals surface area contributed by atoms with Gasteiger partial charge in [0.1, 0.15) is 0 Å². The van der Waals surface area contributed by atoms with E-state index in [9.17, 15) is 4.79 Å². The molecule has 0 bridgehead atoms. The number of amides is 1. The second-order valence-corrected chi connectivity index (χ2v) is 5.57. The number of hydrogen-bond donors (Lipinski definition) is 0. The minimum Gasteiger partial charge on any atom is -0.386 e. The first-order valence-corrected chi connectivity index (χ1v) is 8.32. The highest BCUT2D eigenvalue weighted by molar-refractivity contribution is 5.80. The molecule has 0 aromatic heterocycles. The van der Waals surface area contributed by atoms with Gasteiger partial charge in [-0.25, -0.2) is 0 Å². The molecule has 0 atom stereocenters. The van der Waals surface area contributed by atoms with E-state index in [2.05, 4.69) is 23.2 Å². The summed E-state index contributed by atoms with van der Waals surface area (Å²) in [6, 6.07) is 8.05. The Morgan fingerprint density at radius 3 is 2.44 bits per heavy atom. The van der Waals surface area contributed by atoms with Gasteiger partial charge in [0.05, 0.1) is 19.4 Å². The van der Waals surface area contributed by atoms with Gasteiger partial charge in [-0.05, 0) is 17.7 Å². The summed E-state index contributed by atoms with van der Waals surface area (Å²) >= 11 is 0. The number of hydrogen-bond acceptors (Lipinski definition) is 5. The molecular formula is C19H25N3O3. The molecule has 0 unspecified atom stereocenters. The van der Waals surface area contributed by atoms with Crippen molar-refractivity contribution >= 4 is 17.8 Å². The molecule has 1 fully saturated rings. The third-order valence-electron chi connectivity index (χ3n) is 3.79. The number of morpholine rings is 1. The fourth-order valence-corrected chi connectivity index (χ4v) is 2.46. The van der Waals surface area contributed by atoms with E-state index in [0.29, 0.717) is 13.1 Å². The van der Waals surface area contributed by atoms with Crippen LogP contribution in [0.15, 0.2) is 54.7 Å². The molecule has 6 nitrogen and oxygen atoms in total. The highest BCUT2D eigenvalue weighted by Crippen LogP contribution is 2.15. The van der Waals surface area contributed by atoms with Crippen LogP contribution >= 0.6 is 0 Å². The molecule has 1 heterocycles. The van der Waals surface area contributed by atoms with E-state index >= 15 is 0 Å². The summed E-state index contributed by atoms with van der Waals surface area (Å²) < 4.78 is 5.36. The monoisotopic (exact) mass is 343 g/mol. The molecule has 25 heavy (non-hydrogen) atoms. The summed E-state index contributed by atoms with van der Waals surface area (Å²) in [5.74, 6) is -0.153. The summed E-state index contributed by atoms with van der Waals surface area (Å²) in [6.07, 6.45) is 4.93. The van der Waals surface area contributed by atoms with E-state index in [1.165, 1.54) is 5.69 Å². The van der Waals surface area contributed by atoms with Gasteiger partial charge < -0.3 is 19.4 Å². The normalized spacial score (nSPS) is 14.3. The zero-order valence-electron chi connectivity index (χ0n) is 14.5. The quantitative estimate of drug-likeness (QED) is 0.391.